The quantitative estimate of drug-likeness (QED) is 0.621. The highest BCUT2D eigenvalue weighted by molar-refractivity contribution is 5.65. The third kappa shape index (κ3) is 3.09. The number of hydrogen-bond acceptors (Lipinski definition) is 0. The van der Waals surface area contributed by atoms with Gasteiger partial charge in [-0.3, -0.25) is 0 Å². The zero-order valence-corrected chi connectivity index (χ0v) is 9.37. The molecule has 0 nitrogen and oxygen atoms in total. The SMILES string of the molecule is C/C=C(/CCC=C1CC1)c1ccccc1. The van der Waals surface area contributed by atoms with Crippen molar-refractivity contribution in [1.82, 2.24) is 0 Å². The molecule has 1 aromatic carbocycles. The molecule has 78 valence electrons. The minimum atomic E-state index is 1.17. The highest BCUT2D eigenvalue weighted by Gasteiger charge is 2.09. The average Bonchev–Trinajstić information content (AvgIpc) is 3.10. The molecule has 0 aliphatic heterocycles. The lowest BCUT2D eigenvalue weighted by atomic mass is 10.0. The molecule has 0 heterocycles. The second kappa shape index (κ2) is 4.97. The van der Waals surface area contributed by atoms with Gasteiger partial charge < -0.3 is 0 Å². The number of benzene rings is 1. The lowest BCUT2D eigenvalue weighted by Crippen LogP contribution is -1.83. The number of allylic oxidation sites excluding steroid dienone is 4. The van der Waals surface area contributed by atoms with Crippen molar-refractivity contribution in [3.8, 4) is 0 Å². The van der Waals surface area contributed by atoms with E-state index in [0.29, 0.717) is 0 Å². The van der Waals surface area contributed by atoms with Crippen molar-refractivity contribution in [3.05, 3.63) is 53.6 Å². The van der Waals surface area contributed by atoms with E-state index in [1.807, 2.05) is 0 Å². The van der Waals surface area contributed by atoms with Crippen LogP contribution in [0.3, 0.4) is 0 Å². The molecule has 1 fully saturated rings. The Morgan fingerprint density at radius 3 is 2.53 bits per heavy atom. The molecule has 0 bridgehead atoms. The van der Waals surface area contributed by atoms with Crippen LogP contribution in [-0.2, 0) is 0 Å². The summed E-state index contributed by atoms with van der Waals surface area (Å²) in [6, 6.07) is 10.7. The van der Waals surface area contributed by atoms with E-state index in [1.165, 1.54) is 36.8 Å². The Morgan fingerprint density at radius 1 is 1.20 bits per heavy atom. The Hall–Kier alpha value is -1.30. The van der Waals surface area contributed by atoms with Crippen molar-refractivity contribution in [2.75, 3.05) is 0 Å². The van der Waals surface area contributed by atoms with Gasteiger partial charge in [0.25, 0.3) is 0 Å². The van der Waals surface area contributed by atoms with Gasteiger partial charge in [-0.05, 0) is 43.7 Å². The van der Waals surface area contributed by atoms with Crippen LogP contribution < -0.4 is 0 Å². The minimum Gasteiger partial charge on any atom is -0.0850 e. The van der Waals surface area contributed by atoms with Gasteiger partial charge in [0, 0.05) is 0 Å². The van der Waals surface area contributed by atoms with Gasteiger partial charge in [0.05, 0.1) is 0 Å². The summed E-state index contributed by atoms with van der Waals surface area (Å²) in [6.07, 6.45) is 9.70. The summed E-state index contributed by atoms with van der Waals surface area (Å²) in [5, 5.41) is 0. The predicted molar refractivity (Wildman–Crippen MR) is 66.6 cm³/mol. The van der Waals surface area contributed by atoms with Crippen molar-refractivity contribution in [2.24, 2.45) is 0 Å². The van der Waals surface area contributed by atoms with E-state index in [0.717, 1.165) is 0 Å². The maximum absolute atomic E-state index is 2.41. The summed E-state index contributed by atoms with van der Waals surface area (Å²) in [4.78, 5) is 0. The first-order valence-corrected chi connectivity index (χ1v) is 5.78. The van der Waals surface area contributed by atoms with Crippen LogP contribution in [0, 0.1) is 0 Å². The summed E-state index contributed by atoms with van der Waals surface area (Å²) in [7, 11) is 0. The van der Waals surface area contributed by atoms with Crippen molar-refractivity contribution in [3.63, 3.8) is 0 Å². The zero-order chi connectivity index (χ0) is 10.5. The summed E-state index contributed by atoms with van der Waals surface area (Å²) < 4.78 is 0. The van der Waals surface area contributed by atoms with E-state index in [9.17, 15) is 0 Å². The van der Waals surface area contributed by atoms with Gasteiger partial charge >= 0.3 is 0 Å². The fourth-order valence-corrected chi connectivity index (χ4v) is 1.82. The molecular formula is C15H18. The van der Waals surface area contributed by atoms with E-state index >= 15 is 0 Å². The Bertz CT molecular complexity index is 362. The second-order valence-electron chi connectivity index (χ2n) is 4.08. The fourth-order valence-electron chi connectivity index (χ4n) is 1.82. The molecule has 0 unspecified atom stereocenters. The van der Waals surface area contributed by atoms with Gasteiger partial charge in [-0.2, -0.15) is 0 Å². The van der Waals surface area contributed by atoms with Crippen LogP contribution in [-0.4, -0.2) is 0 Å². The molecule has 0 aromatic heterocycles. The number of hydrogen-bond donors (Lipinski definition) is 0. The molecule has 0 heteroatoms. The van der Waals surface area contributed by atoms with E-state index in [2.05, 4.69) is 49.4 Å². The highest BCUT2D eigenvalue weighted by atomic mass is 14.1. The van der Waals surface area contributed by atoms with Crippen LogP contribution in [0.2, 0.25) is 0 Å². The molecule has 2 rings (SSSR count). The summed E-state index contributed by atoms with van der Waals surface area (Å²) >= 11 is 0. The topological polar surface area (TPSA) is 0 Å². The van der Waals surface area contributed by atoms with Crippen LogP contribution in [0.25, 0.3) is 5.57 Å². The molecule has 1 aliphatic rings. The van der Waals surface area contributed by atoms with Crippen LogP contribution in [0.5, 0.6) is 0 Å². The average molecular weight is 198 g/mol. The molecule has 0 N–H and O–H groups in total. The standard InChI is InChI=1S/C15H18/c1-2-14(10-6-7-13-11-12-13)15-8-4-3-5-9-15/h2-5,7-9H,6,10-12H2,1H3/b14-2-. The molecule has 1 saturated carbocycles. The lowest BCUT2D eigenvalue weighted by Gasteiger charge is -2.04. The maximum atomic E-state index is 2.41. The van der Waals surface area contributed by atoms with Crippen LogP contribution in [0.4, 0.5) is 0 Å². The minimum absolute atomic E-state index is 1.17. The van der Waals surface area contributed by atoms with Crippen LogP contribution in [0.15, 0.2) is 48.1 Å². The first-order chi connectivity index (χ1) is 7.40. The monoisotopic (exact) mass is 198 g/mol. The van der Waals surface area contributed by atoms with Crippen molar-refractivity contribution in [1.29, 1.82) is 0 Å². The largest absolute Gasteiger partial charge is 0.0850 e. The Balaban J connectivity index is 1.95. The first kappa shape index (κ1) is 10.2. The predicted octanol–water partition coefficient (Wildman–Crippen LogP) is 4.59. The van der Waals surface area contributed by atoms with Crippen molar-refractivity contribution < 1.29 is 0 Å². The molecule has 0 radical (unpaired) electrons. The van der Waals surface area contributed by atoms with Crippen LogP contribution >= 0.6 is 0 Å². The molecule has 1 aromatic rings. The highest BCUT2D eigenvalue weighted by Crippen LogP contribution is 2.29. The third-order valence-electron chi connectivity index (χ3n) is 2.88. The van der Waals surface area contributed by atoms with Gasteiger partial charge in [0.1, 0.15) is 0 Å². The normalized spacial score (nSPS) is 15.3. The second-order valence-corrected chi connectivity index (χ2v) is 4.08. The summed E-state index contributed by atoms with van der Waals surface area (Å²) in [6.45, 7) is 2.13. The van der Waals surface area contributed by atoms with Gasteiger partial charge in [0.15, 0.2) is 0 Å². The smallest absolute Gasteiger partial charge is 0.0228 e. The van der Waals surface area contributed by atoms with Crippen molar-refractivity contribution in [2.45, 2.75) is 32.6 Å². The van der Waals surface area contributed by atoms with Gasteiger partial charge in [-0.15, -0.1) is 0 Å². The molecular weight excluding hydrogens is 180 g/mol. The number of rotatable bonds is 4. The zero-order valence-electron chi connectivity index (χ0n) is 9.37. The van der Waals surface area contributed by atoms with E-state index in [1.54, 1.807) is 5.57 Å². The maximum Gasteiger partial charge on any atom is -0.0228 e. The third-order valence-corrected chi connectivity index (χ3v) is 2.88. The van der Waals surface area contributed by atoms with E-state index in [4.69, 9.17) is 0 Å². The molecule has 0 amide bonds. The fraction of sp³-hybridized carbons (Fsp3) is 0.333. The van der Waals surface area contributed by atoms with Gasteiger partial charge in [0.2, 0.25) is 0 Å². The van der Waals surface area contributed by atoms with Crippen molar-refractivity contribution >= 4 is 5.57 Å². The van der Waals surface area contributed by atoms with E-state index < -0.39 is 0 Å². The first-order valence-electron chi connectivity index (χ1n) is 5.78. The lowest BCUT2D eigenvalue weighted by molar-refractivity contribution is 1.06. The van der Waals surface area contributed by atoms with Crippen LogP contribution in [0.1, 0.15) is 38.2 Å². The molecule has 0 atom stereocenters. The van der Waals surface area contributed by atoms with Gasteiger partial charge in [-0.25, -0.2) is 0 Å². The van der Waals surface area contributed by atoms with E-state index in [-0.39, 0.29) is 0 Å². The molecule has 0 saturated heterocycles. The Labute approximate surface area is 92.3 Å². The molecule has 0 spiro atoms. The molecule has 15 heavy (non-hydrogen) atoms. The molecule has 1 aliphatic carbocycles. The summed E-state index contributed by atoms with van der Waals surface area (Å²) in [5.74, 6) is 0. The Kier molecular flexibility index (Phi) is 3.39. The summed E-state index contributed by atoms with van der Waals surface area (Å²) in [5.41, 5.74) is 4.49. The Morgan fingerprint density at radius 2 is 1.93 bits per heavy atom. The van der Waals surface area contributed by atoms with Gasteiger partial charge in [-0.1, -0.05) is 48.1 Å².